The molecule has 1 atom stereocenters. The van der Waals surface area contributed by atoms with E-state index in [0.717, 1.165) is 49.4 Å². The highest BCUT2D eigenvalue weighted by molar-refractivity contribution is 6.34. The van der Waals surface area contributed by atoms with Gasteiger partial charge in [0.15, 0.2) is 0 Å². The molecule has 0 bridgehead atoms. The van der Waals surface area contributed by atoms with E-state index < -0.39 is 11.7 Å². The maximum atomic E-state index is 15.1. The number of ether oxygens (including phenoxy) is 2. The van der Waals surface area contributed by atoms with Crippen molar-refractivity contribution in [2.45, 2.75) is 57.1 Å². The van der Waals surface area contributed by atoms with Gasteiger partial charge in [0.2, 0.25) is 5.91 Å². The van der Waals surface area contributed by atoms with E-state index in [-0.39, 0.29) is 52.6 Å². The smallest absolute Gasteiger partial charge is 0.308 e. The van der Waals surface area contributed by atoms with Crippen molar-refractivity contribution in [3.05, 3.63) is 64.6 Å². The minimum Gasteiger partial charge on any atom is -0.469 e. The first-order valence-corrected chi connectivity index (χ1v) is 14.4. The van der Waals surface area contributed by atoms with Crippen LogP contribution < -0.4 is 5.32 Å². The van der Waals surface area contributed by atoms with Gasteiger partial charge in [-0.15, -0.1) is 0 Å². The standard InChI is InChI=1S/C31H35ClFN3O5/c1-35-17-24(23-7-3-4-8-28(23)35)30(38)34-27-16-26(33)20(14-25(27)32)15-29(37)36-13-5-6-21(36)18-41-22-11-9-19(10-12-22)31(39)40-2/h3-4,7-8,14,16-17,19,21-22H,5-6,9-13,15,18H2,1-2H3,(H,34,38)/t19-,21-,22-/m0/s1. The van der Waals surface area contributed by atoms with Gasteiger partial charge in [0, 0.05) is 30.7 Å². The number of hydrogen-bond acceptors (Lipinski definition) is 5. The molecule has 0 unspecified atom stereocenters. The number of nitrogens with zero attached hydrogens (tertiary/aromatic N) is 2. The normalized spacial score (nSPS) is 20.8. The average molecular weight is 584 g/mol. The molecule has 8 nitrogen and oxygen atoms in total. The first-order valence-electron chi connectivity index (χ1n) is 14.1. The molecule has 2 aromatic carbocycles. The van der Waals surface area contributed by atoms with Crippen LogP contribution in [0.1, 0.15) is 54.4 Å². The van der Waals surface area contributed by atoms with Crippen LogP contribution in [0.3, 0.4) is 0 Å². The number of likely N-dealkylation sites (tertiary alicyclic amines) is 1. The number of methoxy groups -OCH3 is 1. The lowest BCUT2D eigenvalue weighted by Gasteiger charge is -2.30. The van der Waals surface area contributed by atoms with Gasteiger partial charge in [-0.2, -0.15) is 0 Å². The van der Waals surface area contributed by atoms with Gasteiger partial charge in [-0.3, -0.25) is 14.4 Å². The van der Waals surface area contributed by atoms with Crippen LogP contribution in [0.5, 0.6) is 0 Å². The minimum absolute atomic E-state index is 0.0568. The van der Waals surface area contributed by atoms with Crippen LogP contribution in [0.15, 0.2) is 42.6 Å². The molecule has 2 amide bonds. The predicted octanol–water partition coefficient (Wildman–Crippen LogP) is 5.51. The molecule has 1 aromatic heterocycles. The topological polar surface area (TPSA) is 89.9 Å². The van der Waals surface area contributed by atoms with E-state index >= 15 is 4.39 Å². The molecule has 0 spiro atoms. The Kier molecular flexibility index (Phi) is 8.94. The third-order valence-electron chi connectivity index (χ3n) is 8.30. The Bertz CT molecular complexity index is 1450. The number of esters is 1. The second-order valence-electron chi connectivity index (χ2n) is 10.9. The van der Waals surface area contributed by atoms with Gasteiger partial charge < -0.3 is 24.3 Å². The van der Waals surface area contributed by atoms with Crippen molar-refractivity contribution in [2.75, 3.05) is 25.6 Å². The third kappa shape index (κ3) is 6.41. The van der Waals surface area contributed by atoms with Crippen LogP contribution in [0, 0.1) is 11.7 Å². The summed E-state index contributed by atoms with van der Waals surface area (Å²) in [4.78, 5) is 39.7. The summed E-state index contributed by atoms with van der Waals surface area (Å²) in [5.74, 6) is -1.42. The first kappa shape index (κ1) is 29.1. The Hall–Kier alpha value is -3.43. The van der Waals surface area contributed by atoms with E-state index in [0.29, 0.717) is 18.7 Å². The molecular weight excluding hydrogens is 549 g/mol. The SMILES string of the molecule is COC(=O)[C@H]1CC[C@H](OC[C@@H]2CCCN2C(=O)Cc2cc(Cl)c(NC(=O)c3cn(C)c4ccccc34)cc2F)CC1. The number of hydrogen-bond donors (Lipinski definition) is 1. The summed E-state index contributed by atoms with van der Waals surface area (Å²) < 4.78 is 28.0. The molecule has 1 saturated carbocycles. The van der Waals surface area contributed by atoms with E-state index in [2.05, 4.69) is 5.32 Å². The maximum Gasteiger partial charge on any atom is 0.308 e. The van der Waals surface area contributed by atoms with E-state index in [9.17, 15) is 14.4 Å². The number of amides is 2. The van der Waals surface area contributed by atoms with Gasteiger partial charge in [-0.25, -0.2) is 4.39 Å². The van der Waals surface area contributed by atoms with Crippen LogP contribution in [0.25, 0.3) is 10.9 Å². The minimum atomic E-state index is -0.606. The molecule has 3 aromatic rings. The Labute approximate surface area is 243 Å². The van der Waals surface area contributed by atoms with Gasteiger partial charge in [0.1, 0.15) is 5.82 Å². The van der Waals surface area contributed by atoms with Crippen LogP contribution in [0.2, 0.25) is 5.02 Å². The molecular formula is C31H35ClFN3O5. The number of benzene rings is 2. The molecule has 218 valence electrons. The van der Waals surface area contributed by atoms with Gasteiger partial charge >= 0.3 is 5.97 Å². The second kappa shape index (κ2) is 12.6. The Morgan fingerprint density at radius 1 is 1.10 bits per heavy atom. The summed E-state index contributed by atoms with van der Waals surface area (Å²) in [6.45, 7) is 1.01. The summed E-state index contributed by atoms with van der Waals surface area (Å²) in [7, 11) is 3.27. The van der Waals surface area contributed by atoms with Crippen molar-refractivity contribution in [1.82, 2.24) is 9.47 Å². The van der Waals surface area contributed by atoms with Crippen molar-refractivity contribution >= 4 is 46.0 Å². The molecule has 2 heterocycles. The molecule has 0 radical (unpaired) electrons. The largest absolute Gasteiger partial charge is 0.469 e. The summed E-state index contributed by atoms with van der Waals surface area (Å²) in [6, 6.07) is 10.0. The quantitative estimate of drug-likeness (QED) is 0.354. The van der Waals surface area contributed by atoms with Crippen molar-refractivity contribution in [3.63, 3.8) is 0 Å². The zero-order valence-corrected chi connectivity index (χ0v) is 24.1. The highest BCUT2D eigenvalue weighted by atomic mass is 35.5. The average Bonchev–Trinajstić information content (AvgIpc) is 3.59. The summed E-state index contributed by atoms with van der Waals surface area (Å²) in [5.41, 5.74) is 1.68. The Balaban J connectivity index is 1.18. The Morgan fingerprint density at radius 3 is 2.61 bits per heavy atom. The molecule has 5 rings (SSSR count). The third-order valence-corrected chi connectivity index (χ3v) is 8.61. The van der Waals surface area contributed by atoms with E-state index in [4.69, 9.17) is 21.1 Å². The monoisotopic (exact) mass is 583 g/mol. The van der Waals surface area contributed by atoms with Gasteiger partial charge in [0.05, 0.1) is 54.5 Å². The molecule has 1 aliphatic heterocycles. The molecule has 10 heteroatoms. The summed E-state index contributed by atoms with van der Waals surface area (Å²) in [6.07, 6.45) is 6.38. The van der Waals surface area contributed by atoms with Gasteiger partial charge in [-0.1, -0.05) is 29.8 Å². The number of aromatic nitrogens is 1. The van der Waals surface area contributed by atoms with Crippen molar-refractivity contribution < 1.29 is 28.2 Å². The fourth-order valence-corrected chi connectivity index (χ4v) is 6.25. The number of anilines is 1. The lowest BCUT2D eigenvalue weighted by Crippen LogP contribution is -2.40. The van der Waals surface area contributed by atoms with E-state index in [1.165, 1.54) is 19.2 Å². The maximum absolute atomic E-state index is 15.1. The fraction of sp³-hybridized carbons (Fsp3) is 0.452. The van der Waals surface area contributed by atoms with Gasteiger partial charge in [-0.05, 0) is 62.3 Å². The highest BCUT2D eigenvalue weighted by Gasteiger charge is 2.32. The first-order chi connectivity index (χ1) is 19.7. The van der Waals surface area contributed by atoms with E-state index in [1.807, 2.05) is 35.9 Å². The zero-order valence-electron chi connectivity index (χ0n) is 23.3. The number of nitrogens with one attached hydrogen (secondary N) is 1. The number of carbonyl (C=O) groups excluding carboxylic acids is 3. The molecule has 2 fully saturated rings. The number of halogens is 2. The van der Waals surface area contributed by atoms with Crippen LogP contribution >= 0.6 is 11.6 Å². The van der Waals surface area contributed by atoms with Crippen molar-refractivity contribution in [3.8, 4) is 0 Å². The number of rotatable bonds is 8. The van der Waals surface area contributed by atoms with Crippen LogP contribution in [-0.4, -0.2) is 59.7 Å². The van der Waals surface area contributed by atoms with Crippen LogP contribution in [0.4, 0.5) is 10.1 Å². The summed E-state index contributed by atoms with van der Waals surface area (Å²) in [5, 5.41) is 3.65. The van der Waals surface area contributed by atoms with Crippen LogP contribution in [-0.2, 0) is 32.5 Å². The lowest BCUT2D eigenvalue weighted by atomic mass is 9.87. The second-order valence-corrected chi connectivity index (χ2v) is 11.3. The molecule has 1 N–H and O–H groups in total. The number of carbonyl (C=O) groups is 3. The zero-order chi connectivity index (χ0) is 29.1. The molecule has 1 saturated heterocycles. The van der Waals surface area contributed by atoms with E-state index in [1.54, 1.807) is 11.1 Å². The molecule has 1 aliphatic carbocycles. The summed E-state index contributed by atoms with van der Waals surface area (Å²) >= 11 is 6.44. The number of fused-ring (bicyclic) bond motifs is 1. The lowest BCUT2D eigenvalue weighted by molar-refractivity contribution is -0.148. The molecule has 2 aliphatic rings. The number of para-hydroxylation sites is 1. The molecule has 41 heavy (non-hydrogen) atoms. The van der Waals surface area contributed by atoms with Gasteiger partial charge in [0.25, 0.3) is 5.91 Å². The fourth-order valence-electron chi connectivity index (χ4n) is 6.01. The highest BCUT2D eigenvalue weighted by Crippen LogP contribution is 2.30. The predicted molar refractivity (Wildman–Crippen MR) is 154 cm³/mol. The Morgan fingerprint density at radius 2 is 1.85 bits per heavy atom. The van der Waals surface area contributed by atoms with Crippen molar-refractivity contribution in [2.24, 2.45) is 13.0 Å². The van der Waals surface area contributed by atoms with Crippen molar-refractivity contribution in [1.29, 1.82) is 0 Å². The number of aryl methyl sites for hydroxylation is 1.